The predicted octanol–water partition coefficient (Wildman–Crippen LogP) is 4.63. The summed E-state index contributed by atoms with van der Waals surface area (Å²) < 4.78 is 49.2. The second-order valence-corrected chi connectivity index (χ2v) is 5.61. The van der Waals surface area contributed by atoms with Gasteiger partial charge in [-0.1, -0.05) is 6.07 Å². The van der Waals surface area contributed by atoms with E-state index in [1.807, 2.05) is 0 Å². The van der Waals surface area contributed by atoms with Crippen molar-refractivity contribution in [1.82, 2.24) is 0 Å². The number of nitrogens with zero attached hydrogens (tertiary/aromatic N) is 1. The lowest BCUT2D eigenvalue weighted by atomic mass is 10.2. The quantitative estimate of drug-likeness (QED) is 0.806. The first-order valence-electron chi connectivity index (χ1n) is 7.72. The molecule has 4 nitrogen and oxygen atoms in total. The van der Waals surface area contributed by atoms with Crippen molar-refractivity contribution in [2.24, 2.45) is 0 Å². The molecule has 1 heterocycles. The predicted molar refractivity (Wildman–Crippen MR) is 86.1 cm³/mol. The summed E-state index contributed by atoms with van der Waals surface area (Å²) in [7, 11) is 1.49. The third kappa shape index (κ3) is 3.70. The first-order valence-corrected chi connectivity index (χ1v) is 7.72. The molecule has 25 heavy (non-hydrogen) atoms. The molecule has 0 unspecified atom stereocenters. The third-order valence-corrected chi connectivity index (χ3v) is 3.91. The fraction of sp³-hybridized carbons (Fsp3) is 0.278. The fourth-order valence-corrected chi connectivity index (χ4v) is 2.72. The summed E-state index contributed by atoms with van der Waals surface area (Å²) in [5, 5.41) is 0. The van der Waals surface area contributed by atoms with Gasteiger partial charge in [0.1, 0.15) is 17.2 Å². The van der Waals surface area contributed by atoms with Crippen LogP contribution in [-0.2, 0) is 11.0 Å². The molecular formula is C18H16F3NO3. The van der Waals surface area contributed by atoms with Crippen LogP contribution in [-0.4, -0.2) is 19.6 Å². The van der Waals surface area contributed by atoms with Gasteiger partial charge in [-0.2, -0.15) is 13.2 Å². The fourth-order valence-electron chi connectivity index (χ4n) is 2.72. The molecule has 0 bridgehead atoms. The maximum absolute atomic E-state index is 12.8. The number of carbonyl (C=O) groups excluding carboxylic acids is 1. The SMILES string of the molecule is COc1ccc(Oc2cccc(C(F)(F)F)c2)cc1N1CCCC1=O. The Morgan fingerprint density at radius 3 is 2.48 bits per heavy atom. The van der Waals surface area contributed by atoms with Crippen LogP contribution >= 0.6 is 0 Å². The number of amides is 1. The highest BCUT2D eigenvalue weighted by Crippen LogP contribution is 2.37. The molecule has 0 radical (unpaired) electrons. The second-order valence-electron chi connectivity index (χ2n) is 5.61. The molecule has 132 valence electrons. The number of rotatable bonds is 4. The van der Waals surface area contributed by atoms with Crippen LogP contribution < -0.4 is 14.4 Å². The molecule has 1 saturated heterocycles. The maximum Gasteiger partial charge on any atom is 0.416 e. The van der Waals surface area contributed by atoms with Crippen molar-refractivity contribution < 1.29 is 27.4 Å². The van der Waals surface area contributed by atoms with Crippen molar-refractivity contribution in [3.05, 3.63) is 48.0 Å². The number of anilines is 1. The monoisotopic (exact) mass is 351 g/mol. The summed E-state index contributed by atoms with van der Waals surface area (Å²) in [6, 6.07) is 9.46. The number of alkyl halides is 3. The van der Waals surface area contributed by atoms with Crippen LogP contribution in [0.4, 0.5) is 18.9 Å². The van der Waals surface area contributed by atoms with E-state index in [0.29, 0.717) is 30.2 Å². The molecule has 3 rings (SSSR count). The van der Waals surface area contributed by atoms with E-state index in [9.17, 15) is 18.0 Å². The van der Waals surface area contributed by atoms with Crippen molar-refractivity contribution in [3.8, 4) is 17.2 Å². The van der Waals surface area contributed by atoms with Gasteiger partial charge in [0.15, 0.2) is 0 Å². The first kappa shape index (κ1) is 17.1. The number of carbonyl (C=O) groups is 1. The molecule has 7 heteroatoms. The Kier molecular flexibility index (Phi) is 4.57. The van der Waals surface area contributed by atoms with Crippen LogP contribution in [0.3, 0.4) is 0 Å². The lowest BCUT2D eigenvalue weighted by Crippen LogP contribution is -2.24. The highest BCUT2D eigenvalue weighted by molar-refractivity contribution is 5.97. The van der Waals surface area contributed by atoms with Gasteiger partial charge >= 0.3 is 6.18 Å². The summed E-state index contributed by atoms with van der Waals surface area (Å²) in [5.74, 6) is 0.884. The largest absolute Gasteiger partial charge is 0.495 e. The molecule has 0 aromatic heterocycles. The van der Waals surface area contributed by atoms with E-state index in [4.69, 9.17) is 9.47 Å². The summed E-state index contributed by atoms with van der Waals surface area (Å²) in [6.07, 6.45) is -3.23. The van der Waals surface area contributed by atoms with E-state index < -0.39 is 11.7 Å². The molecule has 1 amide bonds. The van der Waals surface area contributed by atoms with Gasteiger partial charge < -0.3 is 14.4 Å². The smallest absolute Gasteiger partial charge is 0.416 e. The summed E-state index contributed by atoms with van der Waals surface area (Å²) in [5.41, 5.74) is -0.233. The first-order chi connectivity index (χ1) is 11.9. The van der Waals surface area contributed by atoms with Crippen LogP contribution in [0.1, 0.15) is 18.4 Å². The Labute approximate surface area is 142 Å². The second kappa shape index (κ2) is 6.66. The number of benzene rings is 2. The van der Waals surface area contributed by atoms with Crippen LogP contribution in [0, 0.1) is 0 Å². The van der Waals surface area contributed by atoms with Crippen LogP contribution in [0.15, 0.2) is 42.5 Å². The van der Waals surface area contributed by atoms with Crippen molar-refractivity contribution in [1.29, 1.82) is 0 Å². The average Bonchev–Trinajstić information content (AvgIpc) is 3.00. The molecule has 2 aromatic rings. The minimum Gasteiger partial charge on any atom is -0.495 e. The molecule has 0 saturated carbocycles. The molecule has 1 aliphatic rings. The van der Waals surface area contributed by atoms with Gasteiger partial charge in [-0.25, -0.2) is 0 Å². The van der Waals surface area contributed by atoms with E-state index in [1.54, 1.807) is 23.1 Å². The number of hydrogen-bond donors (Lipinski definition) is 0. The number of hydrogen-bond acceptors (Lipinski definition) is 3. The Morgan fingerprint density at radius 1 is 1.08 bits per heavy atom. The minimum atomic E-state index is -4.44. The molecule has 0 N–H and O–H groups in total. The molecule has 0 spiro atoms. The van der Waals surface area contributed by atoms with E-state index in [-0.39, 0.29) is 11.7 Å². The van der Waals surface area contributed by atoms with Gasteiger partial charge in [-0.15, -0.1) is 0 Å². The van der Waals surface area contributed by atoms with Gasteiger partial charge in [-0.05, 0) is 36.8 Å². The van der Waals surface area contributed by atoms with Crippen molar-refractivity contribution >= 4 is 11.6 Å². The van der Waals surface area contributed by atoms with Crippen LogP contribution in [0.25, 0.3) is 0 Å². The summed E-state index contributed by atoms with van der Waals surface area (Å²) in [4.78, 5) is 13.6. The van der Waals surface area contributed by atoms with Gasteiger partial charge in [0.25, 0.3) is 0 Å². The molecule has 1 fully saturated rings. The molecule has 1 aliphatic heterocycles. The van der Waals surface area contributed by atoms with Gasteiger partial charge in [0, 0.05) is 19.0 Å². The van der Waals surface area contributed by atoms with E-state index in [2.05, 4.69) is 0 Å². The van der Waals surface area contributed by atoms with E-state index in [1.165, 1.54) is 19.2 Å². The number of ether oxygens (including phenoxy) is 2. The number of methoxy groups -OCH3 is 1. The van der Waals surface area contributed by atoms with E-state index in [0.717, 1.165) is 18.6 Å². The maximum atomic E-state index is 12.8. The zero-order valence-corrected chi connectivity index (χ0v) is 13.5. The normalized spacial score (nSPS) is 14.7. The van der Waals surface area contributed by atoms with Gasteiger partial charge in [-0.3, -0.25) is 4.79 Å². The Hall–Kier alpha value is -2.70. The molecule has 0 atom stereocenters. The number of halogens is 3. The zero-order valence-electron chi connectivity index (χ0n) is 13.5. The van der Waals surface area contributed by atoms with Gasteiger partial charge in [0.2, 0.25) is 5.91 Å². The van der Waals surface area contributed by atoms with Crippen molar-refractivity contribution in [2.75, 3.05) is 18.6 Å². The average molecular weight is 351 g/mol. The van der Waals surface area contributed by atoms with Crippen molar-refractivity contribution in [2.45, 2.75) is 19.0 Å². The Balaban J connectivity index is 1.90. The van der Waals surface area contributed by atoms with E-state index >= 15 is 0 Å². The lowest BCUT2D eigenvalue weighted by Gasteiger charge is -2.20. The summed E-state index contributed by atoms with van der Waals surface area (Å²) in [6.45, 7) is 0.572. The zero-order chi connectivity index (χ0) is 18.0. The van der Waals surface area contributed by atoms with Gasteiger partial charge in [0.05, 0.1) is 18.4 Å². The molecule has 2 aromatic carbocycles. The standard InChI is InChI=1S/C18H16F3NO3/c1-24-16-8-7-14(11-15(16)22-9-3-6-17(22)23)25-13-5-2-4-12(10-13)18(19,20)21/h2,4-5,7-8,10-11H,3,6,9H2,1H3. The highest BCUT2D eigenvalue weighted by Gasteiger charge is 2.30. The lowest BCUT2D eigenvalue weighted by molar-refractivity contribution is -0.137. The van der Waals surface area contributed by atoms with Crippen LogP contribution in [0.5, 0.6) is 17.2 Å². The Morgan fingerprint density at radius 2 is 1.84 bits per heavy atom. The highest BCUT2D eigenvalue weighted by atomic mass is 19.4. The van der Waals surface area contributed by atoms with Crippen molar-refractivity contribution in [3.63, 3.8) is 0 Å². The summed E-state index contributed by atoms with van der Waals surface area (Å²) >= 11 is 0. The Bertz CT molecular complexity index is 789. The minimum absolute atomic E-state index is 0.0190. The molecular weight excluding hydrogens is 335 g/mol. The van der Waals surface area contributed by atoms with Crippen LogP contribution in [0.2, 0.25) is 0 Å². The molecule has 0 aliphatic carbocycles. The topological polar surface area (TPSA) is 38.8 Å². The third-order valence-electron chi connectivity index (χ3n) is 3.91.